The number of halogens is 16. The Labute approximate surface area is 255 Å². The standard InChI is InChI=1S/4C3H4F4O4S/c4*1-11-2(4,5)3(6,7)12(8,9)10/h4*1H3,(H,8,9,10)/p-4. The highest BCUT2D eigenvalue weighted by Gasteiger charge is 2.65. The van der Waals surface area contributed by atoms with Gasteiger partial charge in [-0.3, -0.25) is 0 Å². The molecule has 0 fully saturated rings. The summed E-state index contributed by atoms with van der Waals surface area (Å²) >= 11 is 0. The molecule has 0 N–H and O–H groups in total. The highest BCUT2D eigenvalue weighted by molar-refractivity contribution is 7.87. The van der Waals surface area contributed by atoms with Crippen molar-refractivity contribution >= 4 is 40.5 Å². The third-order valence-electron chi connectivity index (χ3n) is 3.64. The Morgan fingerprint density at radius 2 is 0.396 bits per heavy atom. The van der Waals surface area contributed by atoms with E-state index in [0.29, 0.717) is 0 Å². The lowest BCUT2D eigenvalue weighted by Gasteiger charge is -2.26. The fraction of sp³-hybridized carbons (Fsp3) is 1.00. The zero-order valence-corrected chi connectivity index (χ0v) is 25.5. The molecule has 0 bridgehead atoms. The second-order valence-electron chi connectivity index (χ2n) is 6.77. The minimum absolute atomic E-state index is 0.152. The molecule has 0 amide bonds. The van der Waals surface area contributed by atoms with Gasteiger partial charge in [0.15, 0.2) is 40.5 Å². The van der Waals surface area contributed by atoms with E-state index in [1.54, 1.807) is 0 Å². The summed E-state index contributed by atoms with van der Waals surface area (Å²) in [6, 6.07) is 0. The first-order valence-corrected chi connectivity index (χ1v) is 14.9. The maximum Gasteiger partial charge on any atom is 0.433 e. The summed E-state index contributed by atoms with van der Waals surface area (Å²) in [5.74, 6) is 0. The Bertz CT molecular complexity index is 1250. The number of ether oxygens (including phenoxy) is 4. The van der Waals surface area contributed by atoms with Gasteiger partial charge in [-0.25, -0.2) is 33.7 Å². The Morgan fingerprint density at radius 3 is 0.417 bits per heavy atom. The van der Waals surface area contributed by atoms with E-state index in [0.717, 1.165) is 0 Å². The van der Waals surface area contributed by atoms with Crippen LogP contribution in [0, 0.1) is 0 Å². The van der Waals surface area contributed by atoms with Crippen LogP contribution in [0.5, 0.6) is 0 Å². The van der Waals surface area contributed by atoms with Gasteiger partial charge in [0.2, 0.25) is 0 Å². The summed E-state index contributed by atoms with van der Waals surface area (Å²) in [6.07, 6.45) is -21.2. The highest BCUT2D eigenvalue weighted by Crippen LogP contribution is 2.40. The van der Waals surface area contributed by atoms with Crippen LogP contribution in [0.25, 0.3) is 0 Å². The first-order chi connectivity index (χ1) is 20.2. The van der Waals surface area contributed by atoms with Crippen molar-refractivity contribution in [3.63, 3.8) is 0 Å². The molecule has 0 aliphatic heterocycles. The van der Waals surface area contributed by atoms with Gasteiger partial charge in [0.1, 0.15) is 0 Å². The molecule has 0 spiro atoms. The number of rotatable bonds is 12. The normalized spacial score (nSPS) is 14.8. The molecule has 36 heteroatoms. The summed E-state index contributed by atoms with van der Waals surface area (Å²) in [5, 5.41) is -23.0. The van der Waals surface area contributed by atoms with Gasteiger partial charge in [0, 0.05) is 28.4 Å². The van der Waals surface area contributed by atoms with Crippen LogP contribution in [-0.2, 0) is 59.4 Å². The molecule has 0 heterocycles. The van der Waals surface area contributed by atoms with E-state index in [4.69, 9.17) is 0 Å². The first-order valence-electron chi connectivity index (χ1n) is 9.29. The molecule has 0 saturated heterocycles. The molecule has 0 saturated carbocycles. The molecular formula is C12H12F16O16S4-4. The molecule has 0 radical (unpaired) electrons. The molecule has 0 atom stereocenters. The van der Waals surface area contributed by atoms with Crippen LogP contribution >= 0.6 is 0 Å². The zero-order chi connectivity index (χ0) is 40.8. The van der Waals surface area contributed by atoms with Gasteiger partial charge < -0.3 is 37.2 Å². The fourth-order valence-corrected chi connectivity index (χ4v) is 2.55. The van der Waals surface area contributed by atoms with Gasteiger partial charge >= 0.3 is 45.5 Å². The van der Waals surface area contributed by atoms with Crippen molar-refractivity contribution in [3.05, 3.63) is 0 Å². The van der Waals surface area contributed by atoms with Crippen LogP contribution in [0.1, 0.15) is 0 Å². The first kappa shape index (κ1) is 53.2. The third-order valence-corrected chi connectivity index (χ3v) is 7.10. The van der Waals surface area contributed by atoms with Crippen molar-refractivity contribution in [2.24, 2.45) is 0 Å². The Morgan fingerprint density at radius 1 is 0.312 bits per heavy atom. The Balaban J connectivity index is -0.000000269. The predicted molar refractivity (Wildman–Crippen MR) is 106 cm³/mol. The number of alkyl halides is 16. The summed E-state index contributed by atoms with van der Waals surface area (Å²) in [4.78, 5) is 0. The van der Waals surface area contributed by atoms with Gasteiger partial charge in [-0.15, -0.1) is 0 Å². The number of hydrogen-bond donors (Lipinski definition) is 0. The molecular weight excluding hydrogens is 832 g/mol. The lowest BCUT2D eigenvalue weighted by molar-refractivity contribution is -0.307. The van der Waals surface area contributed by atoms with E-state index in [-0.39, 0.29) is 28.4 Å². The van der Waals surface area contributed by atoms with E-state index >= 15 is 0 Å². The van der Waals surface area contributed by atoms with Gasteiger partial charge in [-0.2, -0.15) is 70.2 Å². The van der Waals surface area contributed by atoms with Crippen LogP contribution in [0.4, 0.5) is 70.2 Å². The largest absolute Gasteiger partial charge is 0.743 e. The van der Waals surface area contributed by atoms with E-state index in [1.807, 2.05) is 0 Å². The lowest BCUT2D eigenvalue weighted by atomic mass is 10.6. The summed E-state index contributed by atoms with van der Waals surface area (Å²) in [7, 11) is -25.1. The monoisotopic (exact) mass is 844 g/mol. The van der Waals surface area contributed by atoms with Crippen molar-refractivity contribution in [3.8, 4) is 0 Å². The average molecular weight is 844 g/mol. The van der Waals surface area contributed by atoms with E-state index in [9.17, 15) is 122 Å². The minimum atomic E-state index is -6.43. The second-order valence-corrected chi connectivity index (χ2v) is 12.5. The molecule has 0 aromatic heterocycles. The molecule has 16 nitrogen and oxygen atoms in total. The van der Waals surface area contributed by atoms with Crippen molar-refractivity contribution in [1.82, 2.24) is 0 Å². The van der Waals surface area contributed by atoms with Gasteiger partial charge in [-0.05, 0) is 0 Å². The predicted octanol–water partition coefficient (Wildman–Crippen LogP) is 1.45. The van der Waals surface area contributed by atoms with Crippen LogP contribution in [0.2, 0.25) is 0 Å². The summed E-state index contributed by atoms with van der Waals surface area (Å²) in [5.41, 5.74) is 0. The molecule has 0 aromatic carbocycles. The SMILES string of the molecule is COC(F)(F)C(F)(F)S(=O)(=O)[O-].COC(F)(F)C(F)(F)S(=O)(=O)[O-].COC(F)(F)C(F)(F)S(=O)(=O)[O-].COC(F)(F)C(F)(F)S(=O)(=O)[O-]. The smallest absolute Gasteiger partial charge is 0.433 e. The maximum absolute atomic E-state index is 11.9. The van der Waals surface area contributed by atoms with Gasteiger partial charge in [0.25, 0.3) is 0 Å². The topological polar surface area (TPSA) is 266 Å². The van der Waals surface area contributed by atoms with Crippen molar-refractivity contribution < 1.29 is 141 Å². The van der Waals surface area contributed by atoms with Crippen LogP contribution in [0.15, 0.2) is 0 Å². The number of methoxy groups -OCH3 is 4. The molecule has 0 aliphatic rings. The van der Waals surface area contributed by atoms with Crippen LogP contribution in [0.3, 0.4) is 0 Å². The quantitative estimate of drug-likeness (QED) is 0.199. The molecule has 0 aromatic rings. The average Bonchev–Trinajstić information content (AvgIpc) is 2.86. The molecule has 48 heavy (non-hydrogen) atoms. The molecule has 0 aliphatic carbocycles. The maximum atomic E-state index is 11.9. The minimum Gasteiger partial charge on any atom is -0.743 e. The van der Waals surface area contributed by atoms with Crippen LogP contribution in [-0.4, -0.2) is 126 Å². The second kappa shape index (κ2) is 16.1. The van der Waals surface area contributed by atoms with Crippen molar-refractivity contribution in [1.29, 1.82) is 0 Å². The lowest BCUT2D eigenvalue weighted by Crippen LogP contribution is -2.48. The third kappa shape index (κ3) is 12.3. The highest BCUT2D eigenvalue weighted by atomic mass is 32.2. The van der Waals surface area contributed by atoms with Crippen molar-refractivity contribution in [2.45, 2.75) is 45.5 Å². The summed E-state index contributed by atoms with van der Waals surface area (Å²) < 4.78 is 317. The number of hydrogen-bond acceptors (Lipinski definition) is 16. The fourth-order valence-electron chi connectivity index (χ4n) is 1.06. The molecule has 0 rings (SSSR count). The summed E-state index contributed by atoms with van der Waals surface area (Å²) in [6.45, 7) is 0. The Hall–Kier alpha value is -1.64. The molecule has 0 unspecified atom stereocenters. The van der Waals surface area contributed by atoms with E-state index in [1.165, 1.54) is 0 Å². The zero-order valence-electron chi connectivity index (χ0n) is 22.2. The van der Waals surface area contributed by atoms with Gasteiger partial charge in [-0.1, -0.05) is 0 Å². The Kier molecular flexibility index (Phi) is 17.9. The van der Waals surface area contributed by atoms with E-state index < -0.39 is 85.9 Å². The van der Waals surface area contributed by atoms with Crippen molar-refractivity contribution in [2.75, 3.05) is 28.4 Å². The van der Waals surface area contributed by atoms with E-state index in [2.05, 4.69) is 18.9 Å². The van der Waals surface area contributed by atoms with Gasteiger partial charge in [0.05, 0.1) is 0 Å². The van der Waals surface area contributed by atoms with Crippen LogP contribution < -0.4 is 0 Å². The molecule has 296 valence electrons.